The Kier molecular flexibility index (Phi) is 7.90. The maximum atomic E-state index is 12.8. The number of likely N-dealkylation sites (N-methyl/N-ethyl adjacent to an activating group) is 1. The van der Waals surface area contributed by atoms with Crippen molar-refractivity contribution in [1.29, 1.82) is 0 Å². The van der Waals surface area contributed by atoms with Crippen LogP contribution < -0.4 is 4.74 Å². The van der Waals surface area contributed by atoms with Crippen molar-refractivity contribution >= 4 is 57.9 Å². The second-order valence-corrected chi connectivity index (χ2v) is 9.23. The zero-order chi connectivity index (χ0) is 26.5. The molecule has 37 heavy (non-hydrogen) atoms. The number of esters is 1. The quantitative estimate of drug-likeness (QED) is 0.161. The van der Waals surface area contributed by atoms with Crippen LogP contribution in [0.5, 0.6) is 5.75 Å². The Morgan fingerprint density at radius 3 is 2.46 bits per heavy atom. The van der Waals surface area contributed by atoms with Crippen LogP contribution in [0.4, 0.5) is 11.4 Å². The maximum absolute atomic E-state index is 12.8. The van der Waals surface area contributed by atoms with Crippen molar-refractivity contribution < 1.29 is 24.0 Å². The number of thioether (sulfide) groups is 1. The van der Waals surface area contributed by atoms with E-state index in [4.69, 9.17) is 21.1 Å². The highest BCUT2D eigenvalue weighted by atomic mass is 35.5. The van der Waals surface area contributed by atoms with Crippen LogP contribution in [0.3, 0.4) is 0 Å². The normalized spacial score (nSPS) is 15.3. The number of aliphatic imine (C=N–C) groups is 1. The fraction of sp³-hybridized carbons (Fsp3) is 0.115. The largest absolute Gasteiger partial charge is 0.487 e. The standard InChI is InChI=1S/C26H20ClN3O6S/c1-29-24(31)23(37-26(29)28-19-8-6-18(7-9-19)25(32)35-2)14-17-5-12-22(21(27)13-17)36-15-16-3-10-20(11-4-16)30(33)34/h3-14H,15H2,1-2H3/b23-14-,28-26?. The molecule has 1 saturated heterocycles. The number of methoxy groups -OCH3 is 1. The van der Waals surface area contributed by atoms with Gasteiger partial charge < -0.3 is 9.47 Å². The molecule has 1 aliphatic rings. The minimum Gasteiger partial charge on any atom is -0.487 e. The summed E-state index contributed by atoms with van der Waals surface area (Å²) >= 11 is 7.62. The molecule has 1 fully saturated rings. The molecule has 1 amide bonds. The summed E-state index contributed by atoms with van der Waals surface area (Å²) in [5, 5.41) is 11.6. The lowest BCUT2D eigenvalue weighted by Crippen LogP contribution is -2.23. The molecule has 0 aliphatic carbocycles. The molecule has 0 N–H and O–H groups in total. The zero-order valence-corrected chi connectivity index (χ0v) is 21.3. The third-order valence-corrected chi connectivity index (χ3v) is 6.67. The average molecular weight is 538 g/mol. The number of benzene rings is 3. The number of rotatable bonds is 7. The van der Waals surface area contributed by atoms with Crippen LogP contribution in [0.2, 0.25) is 5.02 Å². The second kappa shape index (κ2) is 11.3. The average Bonchev–Trinajstić information content (AvgIpc) is 3.16. The number of carbonyl (C=O) groups excluding carboxylic acids is 2. The fourth-order valence-corrected chi connectivity index (χ4v) is 4.53. The van der Waals surface area contributed by atoms with E-state index in [1.807, 2.05) is 0 Å². The summed E-state index contributed by atoms with van der Waals surface area (Å²) in [7, 11) is 2.95. The number of halogens is 1. The fourth-order valence-electron chi connectivity index (χ4n) is 3.30. The SMILES string of the molecule is COC(=O)c1ccc(N=C2S/C(=C\c3ccc(OCc4ccc([N+](=O)[O-])cc4)c(Cl)c3)C(=O)N2C)cc1. The number of amidine groups is 1. The molecule has 188 valence electrons. The van der Waals surface area contributed by atoms with E-state index >= 15 is 0 Å². The number of nitrogens with zero attached hydrogens (tertiary/aromatic N) is 3. The first-order chi connectivity index (χ1) is 17.7. The second-order valence-electron chi connectivity index (χ2n) is 7.81. The van der Waals surface area contributed by atoms with E-state index < -0.39 is 10.9 Å². The topological polar surface area (TPSA) is 111 Å². The van der Waals surface area contributed by atoms with Gasteiger partial charge in [0.05, 0.1) is 33.2 Å². The molecule has 1 heterocycles. The van der Waals surface area contributed by atoms with E-state index in [9.17, 15) is 19.7 Å². The molecule has 0 aromatic heterocycles. The summed E-state index contributed by atoms with van der Waals surface area (Å²) in [6, 6.07) is 17.8. The van der Waals surface area contributed by atoms with Crippen LogP contribution >= 0.6 is 23.4 Å². The Balaban J connectivity index is 1.44. The van der Waals surface area contributed by atoms with Crippen LogP contribution in [0.1, 0.15) is 21.5 Å². The molecule has 1 aliphatic heterocycles. The summed E-state index contributed by atoms with van der Waals surface area (Å²) in [5.41, 5.74) is 2.48. The van der Waals surface area contributed by atoms with Gasteiger partial charge in [0.2, 0.25) is 0 Å². The molecule has 9 nitrogen and oxygen atoms in total. The number of amides is 1. The van der Waals surface area contributed by atoms with Crippen molar-refractivity contribution in [3.63, 3.8) is 0 Å². The van der Waals surface area contributed by atoms with E-state index in [0.29, 0.717) is 37.7 Å². The minimum absolute atomic E-state index is 0.00817. The smallest absolute Gasteiger partial charge is 0.337 e. The first kappa shape index (κ1) is 25.9. The van der Waals surface area contributed by atoms with Gasteiger partial charge >= 0.3 is 5.97 Å². The number of hydrogen-bond donors (Lipinski definition) is 0. The highest BCUT2D eigenvalue weighted by Crippen LogP contribution is 2.34. The monoisotopic (exact) mass is 537 g/mol. The van der Waals surface area contributed by atoms with Crippen molar-refractivity contribution in [2.45, 2.75) is 6.61 Å². The molecular formula is C26H20ClN3O6S. The molecule has 0 radical (unpaired) electrons. The number of non-ortho nitro benzene ring substituents is 1. The first-order valence-electron chi connectivity index (χ1n) is 10.9. The van der Waals surface area contributed by atoms with Gasteiger partial charge in [-0.15, -0.1) is 0 Å². The molecule has 11 heteroatoms. The van der Waals surface area contributed by atoms with E-state index in [1.54, 1.807) is 67.7 Å². The Morgan fingerprint density at radius 1 is 1.14 bits per heavy atom. The summed E-state index contributed by atoms with van der Waals surface area (Å²) in [5.74, 6) is -0.194. The molecule has 3 aromatic carbocycles. The number of nitro groups is 1. The first-order valence-corrected chi connectivity index (χ1v) is 12.0. The van der Waals surface area contributed by atoms with Crippen LogP contribution in [-0.2, 0) is 16.1 Å². The van der Waals surface area contributed by atoms with Crippen molar-refractivity contribution in [2.24, 2.45) is 4.99 Å². The summed E-state index contributed by atoms with van der Waals surface area (Å²) < 4.78 is 10.4. The Labute approximate surface area is 221 Å². The maximum Gasteiger partial charge on any atom is 0.337 e. The van der Waals surface area contributed by atoms with Gasteiger partial charge in [-0.1, -0.05) is 17.7 Å². The molecule has 3 aromatic rings. The predicted octanol–water partition coefficient (Wildman–Crippen LogP) is 5.85. The van der Waals surface area contributed by atoms with E-state index in [2.05, 4.69) is 4.99 Å². The van der Waals surface area contributed by atoms with Crippen molar-refractivity contribution in [3.05, 3.63) is 103 Å². The molecule has 4 rings (SSSR count). The van der Waals surface area contributed by atoms with Gasteiger partial charge in [-0.05, 0) is 77.5 Å². The van der Waals surface area contributed by atoms with Gasteiger partial charge in [-0.3, -0.25) is 19.8 Å². The summed E-state index contributed by atoms with van der Waals surface area (Å²) in [4.78, 5) is 41.1. The highest BCUT2D eigenvalue weighted by Gasteiger charge is 2.30. The summed E-state index contributed by atoms with van der Waals surface area (Å²) in [6.07, 6.45) is 1.72. The lowest BCUT2D eigenvalue weighted by Gasteiger charge is -2.09. The van der Waals surface area contributed by atoms with Gasteiger partial charge in [0.25, 0.3) is 11.6 Å². The van der Waals surface area contributed by atoms with Gasteiger partial charge in [0.15, 0.2) is 5.17 Å². The number of ether oxygens (including phenoxy) is 2. The lowest BCUT2D eigenvalue weighted by atomic mass is 10.2. The van der Waals surface area contributed by atoms with Gasteiger partial charge in [-0.25, -0.2) is 9.79 Å². The third-order valence-electron chi connectivity index (χ3n) is 5.31. The van der Waals surface area contributed by atoms with Crippen LogP contribution in [0, 0.1) is 10.1 Å². The predicted molar refractivity (Wildman–Crippen MR) is 142 cm³/mol. The van der Waals surface area contributed by atoms with Crippen LogP contribution in [0.25, 0.3) is 6.08 Å². The summed E-state index contributed by atoms with van der Waals surface area (Å²) in [6.45, 7) is 0.192. The highest BCUT2D eigenvalue weighted by molar-refractivity contribution is 8.18. The molecule has 0 atom stereocenters. The van der Waals surface area contributed by atoms with Crippen LogP contribution in [-0.4, -0.2) is 41.0 Å². The minimum atomic E-state index is -0.460. The third kappa shape index (κ3) is 6.16. The number of carbonyl (C=O) groups is 2. The molecule has 0 spiro atoms. The van der Waals surface area contributed by atoms with Crippen molar-refractivity contribution in [1.82, 2.24) is 4.90 Å². The molecule has 0 saturated carbocycles. The van der Waals surface area contributed by atoms with Crippen molar-refractivity contribution in [2.75, 3.05) is 14.2 Å². The molecular weight excluding hydrogens is 518 g/mol. The lowest BCUT2D eigenvalue weighted by molar-refractivity contribution is -0.384. The van der Waals surface area contributed by atoms with Gasteiger partial charge in [0, 0.05) is 19.2 Å². The molecule has 0 unspecified atom stereocenters. The Bertz CT molecular complexity index is 1420. The molecule has 0 bridgehead atoms. The number of nitro benzene ring substituents is 1. The van der Waals surface area contributed by atoms with Crippen LogP contribution in [0.15, 0.2) is 76.6 Å². The Hall–Kier alpha value is -4.15. The number of hydrogen-bond acceptors (Lipinski definition) is 8. The van der Waals surface area contributed by atoms with Gasteiger partial charge in [-0.2, -0.15) is 0 Å². The Morgan fingerprint density at radius 2 is 1.84 bits per heavy atom. The van der Waals surface area contributed by atoms with E-state index in [0.717, 1.165) is 5.56 Å². The van der Waals surface area contributed by atoms with Crippen molar-refractivity contribution in [3.8, 4) is 5.75 Å². The zero-order valence-electron chi connectivity index (χ0n) is 19.7. The van der Waals surface area contributed by atoms with E-state index in [-0.39, 0.29) is 18.2 Å². The van der Waals surface area contributed by atoms with E-state index in [1.165, 1.54) is 35.9 Å². The van der Waals surface area contributed by atoms with Gasteiger partial charge in [0.1, 0.15) is 12.4 Å².